The van der Waals surface area contributed by atoms with E-state index < -0.39 is 50.1 Å². The summed E-state index contributed by atoms with van der Waals surface area (Å²) in [6.07, 6.45) is 10.2. The van der Waals surface area contributed by atoms with E-state index in [0.29, 0.717) is 55.1 Å². The average Bonchev–Trinajstić information content (AvgIpc) is 3.97. The van der Waals surface area contributed by atoms with Crippen molar-refractivity contribution in [3.63, 3.8) is 0 Å². The number of nitrogens with zero attached hydrogens (tertiary/aromatic N) is 4. The van der Waals surface area contributed by atoms with Gasteiger partial charge in [0.15, 0.2) is 5.82 Å². The van der Waals surface area contributed by atoms with E-state index in [0.717, 1.165) is 35.9 Å². The lowest BCUT2D eigenvalue weighted by atomic mass is 9.93. The number of aryl methyl sites for hydroxylation is 1. The number of allylic oxidation sites excluding steroid dienone is 2. The monoisotopic (exact) mass is 762 g/mol. The summed E-state index contributed by atoms with van der Waals surface area (Å²) >= 11 is 0. The van der Waals surface area contributed by atoms with Gasteiger partial charge in [-0.3, -0.25) is 19.1 Å². The SMILES string of the molecule is C/C=C\CCCCN(C)C(=O)[C@@H]1C[C@H](Oc2cc(-n3ccc(C(C)C)n3)nc3c(C)c(OC)ccc23)C[C@H]1C(=O)NC1(C(=O)NS(=O)(=O)C2(C)CC2)CC1. The molecule has 3 atom stereocenters. The molecule has 0 radical (unpaired) electrons. The van der Waals surface area contributed by atoms with Gasteiger partial charge in [0.2, 0.25) is 21.8 Å². The Morgan fingerprint density at radius 1 is 1.07 bits per heavy atom. The van der Waals surface area contributed by atoms with Gasteiger partial charge < -0.3 is 19.7 Å². The van der Waals surface area contributed by atoms with Gasteiger partial charge in [-0.25, -0.2) is 18.1 Å². The normalized spacial score (nSPS) is 21.3. The lowest BCUT2D eigenvalue weighted by Gasteiger charge is -2.26. The number of benzene rings is 1. The van der Waals surface area contributed by atoms with Crippen LogP contribution in [-0.2, 0) is 24.4 Å². The standard InChI is InChI=1S/C40H54N6O7S/c1-8-9-10-11-12-20-45(6)37(48)30-23-27(22-29(30)36(47)42-40(18-19-40)38(49)44-54(50,51)39(5)16-17-39)53-33-24-34(46-21-15-31(43-46)25(2)3)41-35-26(4)32(52-7)14-13-28(33)35/h8-9,13-15,21,24-25,27,29-30H,10-12,16-20,22-23H2,1-7H3,(H,42,47)(H,44,49)/b9-8-/t27-,29-,30-/m1/s1. The number of aromatic nitrogens is 3. The summed E-state index contributed by atoms with van der Waals surface area (Å²) < 4.78 is 41.1. The number of ether oxygens (including phenoxy) is 2. The highest BCUT2D eigenvalue weighted by Crippen LogP contribution is 2.44. The Morgan fingerprint density at radius 3 is 2.43 bits per heavy atom. The van der Waals surface area contributed by atoms with E-state index in [2.05, 4.69) is 30.0 Å². The summed E-state index contributed by atoms with van der Waals surface area (Å²) in [5.41, 5.74) is 1.10. The smallest absolute Gasteiger partial charge is 0.259 e. The van der Waals surface area contributed by atoms with Gasteiger partial charge in [-0.2, -0.15) is 5.10 Å². The second-order valence-corrected chi connectivity index (χ2v) is 18.0. The Hall–Kier alpha value is -4.46. The van der Waals surface area contributed by atoms with E-state index in [1.807, 2.05) is 50.4 Å². The Kier molecular flexibility index (Phi) is 11.2. The Morgan fingerprint density at radius 2 is 1.80 bits per heavy atom. The van der Waals surface area contributed by atoms with Crippen LogP contribution >= 0.6 is 0 Å². The van der Waals surface area contributed by atoms with Gasteiger partial charge in [0.1, 0.15) is 23.1 Å². The van der Waals surface area contributed by atoms with Crippen LogP contribution in [0.5, 0.6) is 11.5 Å². The predicted octanol–water partition coefficient (Wildman–Crippen LogP) is 5.49. The highest BCUT2D eigenvalue weighted by Gasteiger charge is 2.57. The number of fused-ring (bicyclic) bond motifs is 1. The van der Waals surface area contributed by atoms with Crippen LogP contribution in [0.15, 0.2) is 42.6 Å². The zero-order chi connectivity index (χ0) is 39.0. The zero-order valence-electron chi connectivity index (χ0n) is 32.5. The molecule has 6 rings (SSSR count). The maximum atomic E-state index is 14.2. The van der Waals surface area contributed by atoms with Crippen molar-refractivity contribution < 1.29 is 32.3 Å². The van der Waals surface area contributed by atoms with Crippen molar-refractivity contribution in [2.75, 3.05) is 20.7 Å². The topological polar surface area (TPSA) is 162 Å². The molecule has 292 valence electrons. The summed E-state index contributed by atoms with van der Waals surface area (Å²) in [6.45, 7) is 10.2. The minimum atomic E-state index is -3.88. The molecule has 2 N–H and O–H groups in total. The Bertz CT molecular complexity index is 2050. The summed E-state index contributed by atoms with van der Waals surface area (Å²) in [5.74, 6) is -0.872. The highest BCUT2D eigenvalue weighted by atomic mass is 32.2. The number of hydrogen-bond donors (Lipinski definition) is 2. The second-order valence-electron chi connectivity index (χ2n) is 15.8. The number of carbonyl (C=O) groups excluding carboxylic acids is 3. The summed E-state index contributed by atoms with van der Waals surface area (Å²) in [6, 6.07) is 7.54. The lowest BCUT2D eigenvalue weighted by Crippen LogP contribution is -2.54. The van der Waals surface area contributed by atoms with E-state index in [-0.39, 0.29) is 24.7 Å². The molecule has 0 aliphatic heterocycles. The number of carbonyl (C=O) groups is 3. The number of unbranched alkanes of at least 4 members (excludes halogenated alkanes) is 2. The molecule has 3 aliphatic rings. The molecule has 0 spiro atoms. The average molecular weight is 763 g/mol. The highest BCUT2D eigenvalue weighted by molar-refractivity contribution is 7.91. The number of hydrogen-bond acceptors (Lipinski definition) is 9. The van der Waals surface area contributed by atoms with Crippen LogP contribution in [0.2, 0.25) is 0 Å². The zero-order valence-corrected chi connectivity index (χ0v) is 33.3. The number of nitrogens with one attached hydrogen (secondary N) is 2. The molecule has 0 saturated heterocycles. The fourth-order valence-electron chi connectivity index (χ4n) is 7.23. The number of methoxy groups -OCH3 is 1. The molecule has 14 heteroatoms. The molecule has 3 fully saturated rings. The fraction of sp³-hybridized carbons (Fsp3) is 0.575. The maximum absolute atomic E-state index is 14.2. The van der Waals surface area contributed by atoms with Gasteiger partial charge in [-0.1, -0.05) is 26.0 Å². The number of sulfonamides is 1. The van der Waals surface area contributed by atoms with Gasteiger partial charge >= 0.3 is 0 Å². The number of rotatable bonds is 16. The minimum Gasteiger partial charge on any atom is -0.496 e. The van der Waals surface area contributed by atoms with Gasteiger partial charge in [0.05, 0.1) is 34.9 Å². The summed E-state index contributed by atoms with van der Waals surface area (Å²) in [7, 11) is -0.516. The largest absolute Gasteiger partial charge is 0.496 e. The molecule has 3 saturated carbocycles. The van der Waals surface area contributed by atoms with Crippen molar-refractivity contribution >= 4 is 38.6 Å². The van der Waals surface area contributed by atoms with Crippen molar-refractivity contribution in [3.05, 3.63) is 53.9 Å². The Labute approximate surface area is 318 Å². The van der Waals surface area contributed by atoms with Crippen LogP contribution in [0.3, 0.4) is 0 Å². The molecule has 0 bridgehead atoms. The minimum absolute atomic E-state index is 0.163. The molecule has 3 aromatic rings. The van der Waals surface area contributed by atoms with E-state index >= 15 is 0 Å². The van der Waals surface area contributed by atoms with Crippen LogP contribution in [0.4, 0.5) is 0 Å². The van der Waals surface area contributed by atoms with Crippen molar-refractivity contribution in [3.8, 4) is 17.3 Å². The van der Waals surface area contributed by atoms with E-state index in [1.165, 1.54) is 0 Å². The molecule has 3 aliphatic carbocycles. The van der Waals surface area contributed by atoms with Crippen molar-refractivity contribution in [2.45, 2.75) is 115 Å². The molecular weight excluding hydrogens is 709 g/mol. The van der Waals surface area contributed by atoms with Crippen LogP contribution in [0.1, 0.15) is 103 Å². The van der Waals surface area contributed by atoms with Gasteiger partial charge in [-0.15, -0.1) is 0 Å². The molecule has 13 nitrogen and oxygen atoms in total. The number of amides is 3. The van der Waals surface area contributed by atoms with Crippen LogP contribution < -0.4 is 19.5 Å². The first-order chi connectivity index (χ1) is 25.6. The third-order valence-electron chi connectivity index (χ3n) is 11.4. The summed E-state index contributed by atoms with van der Waals surface area (Å²) in [5, 5.41) is 8.38. The predicted molar refractivity (Wildman–Crippen MR) is 206 cm³/mol. The Balaban J connectivity index is 1.28. The molecule has 3 amide bonds. The summed E-state index contributed by atoms with van der Waals surface area (Å²) in [4.78, 5) is 48.3. The molecule has 0 unspecified atom stereocenters. The fourth-order valence-corrected chi connectivity index (χ4v) is 8.55. The van der Waals surface area contributed by atoms with Crippen LogP contribution in [-0.4, -0.2) is 82.9 Å². The molecule has 1 aromatic carbocycles. The quantitative estimate of drug-likeness (QED) is 0.142. The molecule has 2 heterocycles. The van der Waals surface area contributed by atoms with Crippen LogP contribution in [0.25, 0.3) is 16.7 Å². The van der Waals surface area contributed by atoms with E-state index in [4.69, 9.17) is 19.6 Å². The lowest BCUT2D eigenvalue weighted by molar-refractivity contribution is -0.140. The molecule has 2 aromatic heterocycles. The number of pyridine rings is 1. The van der Waals surface area contributed by atoms with E-state index in [9.17, 15) is 22.8 Å². The molecule has 54 heavy (non-hydrogen) atoms. The van der Waals surface area contributed by atoms with Gasteiger partial charge in [0, 0.05) is 36.8 Å². The van der Waals surface area contributed by atoms with Crippen molar-refractivity contribution in [1.29, 1.82) is 0 Å². The molecular formula is C40H54N6O7S. The van der Waals surface area contributed by atoms with Crippen molar-refractivity contribution in [2.24, 2.45) is 11.8 Å². The van der Waals surface area contributed by atoms with Gasteiger partial charge in [0.25, 0.3) is 5.91 Å². The third kappa shape index (κ3) is 7.99. The first-order valence-corrected chi connectivity index (χ1v) is 20.6. The van der Waals surface area contributed by atoms with Crippen LogP contribution in [0, 0.1) is 18.8 Å². The third-order valence-corrected chi connectivity index (χ3v) is 13.5. The second kappa shape index (κ2) is 15.3. The first-order valence-electron chi connectivity index (χ1n) is 19.1. The maximum Gasteiger partial charge on any atom is 0.259 e. The van der Waals surface area contributed by atoms with E-state index in [1.54, 1.807) is 30.7 Å². The van der Waals surface area contributed by atoms with Gasteiger partial charge in [-0.05, 0) is 103 Å². The van der Waals surface area contributed by atoms with Crippen molar-refractivity contribution in [1.82, 2.24) is 29.7 Å². The first kappa shape index (κ1) is 39.2.